The van der Waals surface area contributed by atoms with Crippen molar-refractivity contribution in [3.8, 4) is 6.07 Å². The first-order valence-electron chi connectivity index (χ1n) is 5.85. The van der Waals surface area contributed by atoms with E-state index in [1.54, 1.807) is 0 Å². The molecule has 0 aromatic heterocycles. The predicted octanol–water partition coefficient (Wildman–Crippen LogP) is 3.29. The van der Waals surface area contributed by atoms with E-state index in [1.165, 1.54) is 36.4 Å². The van der Waals surface area contributed by atoms with Crippen LogP contribution in [0.3, 0.4) is 0 Å². The molecule has 0 amide bonds. The van der Waals surface area contributed by atoms with Crippen LogP contribution in [-0.2, 0) is 15.8 Å². The zero-order valence-corrected chi connectivity index (χ0v) is 12.2. The summed E-state index contributed by atoms with van der Waals surface area (Å²) < 4.78 is 39.8. The number of rotatable bonds is 4. The molecule has 108 valence electrons. The summed E-state index contributed by atoms with van der Waals surface area (Å²) in [7, 11) is -3.81. The van der Waals surface area contributed by atoms with Crippen LogP contribution in [0.1, 0.15) is 11.1 Å². The third-order valence-electron chi connectivity index (χ3n) is 2.66. The van der Waals surface area contributed by atoms with Crippen LogP contribution in [-0.4, -0.2) is 8.42 Å². The van der Waals surface area contributed by atoms with Gasteiger partial charge in [-0.25, -0.2) is 12.8 Å². The van der Waals surface area contributed by atoms with Crippen molar-refractivity contribution in [3.05, 3.63) is 64.4 Å². The Morgan fingerprint density at radius 3 is 2.43 bits per heavy atom. The fourth-order valence-electron chi connectivity index (χ4n) is 1.68. The molecule has 0 saturated heterocycles. The highest BCUT2D eigenvalue weighted by Crippen LogP contribution is 2.26. The second kappa shape index (κ2) is 6.12. The van der Waals surface area contributed by atoms with Gasteiger partial charge in [-0.15, -0.1) is 0 Å². The van der Waals surface area contributed by atoms with Gasteiger partial charge in [-0.3, -0.25) is 4.72 Å². The van der Waals surface area contributed by atoms with Crippen molar-refractivity contribution in [2.75, 3.05) is 4.72 Å². The molecule has 0 aliphatic rings. The van der Waals surface area contributed by atoms with Crippen molar-refractivity contribution in [3.63, 3.8) is 0 Å². The first-order valence-corrected chi connectivity index (χ1v) is 7.88. The fourth-order valence-corrected chi connectivity index (χ4v) is 3.17. The average molecular weight is 325 g/mol. The smallest absolute Gasteiger partial charge is 0.237 e. The number of anilines is 1. The highest BCUT2D eigenvalue weighted by molar-refractivity contribution is 7.91. The van der Waals surface area contributed by atoms with Gasteiger partial charge in [0.1, 0.15) is 11.5 Å². The Morgan fingerprint density at radius 1 is 1.19 bits per heavy atom. The van der Waals surface area contributed by atoms with E-state index in [4.69, 9.17) is 16.9 Å². The van der Waals surface area contributed by atoms with E-state index in [-0.39, 0.29) is 16.5 Å². The van der Waals surface area contributed by atoms with Crippen LogP contribution >= 0.6 is 11.6 Å². The molecule has 0 aliphatic heterocycles. The number of nitriles is 1. The molecule has 4 nitrogen and oxygen atoms in total. The number of benzene rings is 2. The molecule has 0 aliphatic carbocycles. The van der Waals surface area contributed by atoms with Crippen LogP contribution in [0.5, 0.6) is 0 Å². The summed E-state index contributed by atoms with van der Waals surface area (Å²) in [4.78, 5) is 0. The van der Waals surface area contributed by atoms with Crippen LogP contribution in [0.15, 0.2) is 42.5 Å². The SMILES string of the molecule is N#Cc1ccc(CS(=O)(=O)Nc2c(F)cccc2Cl)cc1. The van der Waals surface area contributed by atoms with Gasteiger partial charge in [0.25, 0.3) is 0 Å². The van der Waals surface area contributed by atoms with Crippen molar-refractivity contribution in [1.29, 1.82) is 5.26 Å². The number of hydrogen-bond donors (Lipinski definition) is 1. The maximum absolute atomic E-state index is 13.6. The Kier molecular flexibility index (Phi) is 4.46. The minimum absolute atomic E-state index is 0.0154. The van der Waals surface area contributed by atoms with Gasteiger partial charge in [0.15, 0.2) is 0 Å². The van der Waals surface area contributed by atoms with Gasteiger partial charge in [-0.1, -0.05) is 29.8 Å². The quantitative estimate of drug-likeness (QED) is 0.938. The summed E-state index contributed by atoms with van der Waals surface area (Å²) in [6.07, 6.45) is 0. The Hall–Kier alpha value is -2.10. The summed E-state index contributed by atoms with van der Waals surface area (Å²) in [5, 5.41) is 8.66. The topological polar surface area (TPSA) is 70.0 Å². The largest absolute Gasteiger partial charge is 0.279 e. The predicted molar refractivity (Wildman–Crippen MR) is 78.8 cm³/mol. The Labute approximate surface area is 126 Å². The molecule has 0 atom stereocenters. The summed E-state index contributed by atoms with van der Waals surface area (Å²) in [5.74, 6) is -1.09. The number of nitrogens with zero attached hydrogens (tertiary/aromatic N) is 1. The molecule has 0 saturated carbocycles. The van der Waals surface area contributed by atoms with E-state index < -0.39 is 15.8 Å². The summed E-state index contributed by atoms with van der Waals surface area (Å²) >= 11 is 5.78. The van der Waals surface area contributed by atoms with E-state index in [0.717, 1.165) is 6.07 Å². The Morgan fingerprint density at radius 2 is 1.86 bits per heavy atom. The van der Waals surface area contributed by atoms with Gasteiger partial charge in [0, 0.05) is 0 Å². The molecule has 2 aromatic rings. The molecule has 2 rings (SSSR count). The molecule has 7 heteroatoms. The second-order valence-corrected chi connectivity index (χ2v) is 6.40. The lowest BCUT2D eigenvalue weighted by Crippen LogP contribution is -2.16. The van der Waals surface area contributed by atoms with Crippen LogP contribution in [0.2, 0.25) is 5.02 Å². The fraction of sp³-hybridized carbons (Fsp3) is 0.0714. The van der Waals surface area contributed by atoms with E-state index in [2.05, 4.69) is 4.72 Å². The molecule has 0 fully saturated rings. The maximum atomic E-state index is 13.6. The maximum Gasteiger partial charge on any atom is 0.237 e. The van der Waals surface area contributed by atoms with Crippen molar-refractivity contribution >= 4 is 27.3 Å². The van der Waals surface area contributed by atoms with Crippen LogP contribution in [0.25, 0.3) is 0 Å². The lowest BCUT2D eigenvalue weighted by molar-refractivity contribution is 0.598. The van der Waals surface area contributed by atoms with Crippen molar-refractivity contribution in [1.82, 2.24) is 0 Å². The van der Waals surface area contributed by atoms with E-state index in [1.807, 2.05) is 6.07 Å². The number of nitrogens with one attached hydrogen (secondary N) is 1. The number of para-hydroxylation sites is 1. The van der Waals surface area contributed by atoms with Gasteiger partial charge >= 0.3 is 0 Å². The minimum Gasteiger partial charge on any atom is -0.279 e. The molecule has 1 N–H and O–H groups in total. The molecule has 0 radical (unpaired) electrons. The van der Waals surface area contributed by atoms with Crippen molar-refractivity contribution in [2.24, 2.45) is 0 Å². The number of sulfonamides is 1. The van der Waals surface area contributed by atoms with Gasteiger partial charge in [-0.2, -0.15) is 5.26 Å². The normalized spacial score (nSPS) is 10.9. The summed E-state index contributed by atoms with van der Waals surface area (Å²) in [5.41, 5.74) is 0.642. The van der Waals surface area contributed by atoms with Gasteiger partial charge in [-0.05, 0) is 29.8 Å². The van der Waals surface area contributed by atoms with Gasteiger partial charge in [0.05, 0.1) is 22.4 Å². The third kappa shape index (κ3) is 3.94. The zero-order valence-electron chi connectivity index (χ0n) is 10.7. The van der Waals surface area contributed by atoms with E-state index in [0.29, 0.717) is 11.1 Å². The zero-order chi connectivity index (χ0) is 15.5. The standard InChI is InChI=1S/C14H10ClFN2O2S/c15-12-2-1-3-13(16)14(12)18-21(19,20)9-11-6-4-10(8-17)5-7-11/h1-7,18H,9H2. The van der Waals surface area contributed by atoms with Crippen LogP contribution in [0.4, 0.5) is 10.1 Å². The lowest BCUT2D eigenvalue weighted by Gasteiger charge is -2.10. The first-order chi connectivity index (χ1) is 9.91. The Bertz CT molecular complexity index is 778. The second-order valence-electron chi connectivity index (χ2n) is 4.27. The molecule has 2 aromatic carbocycles. The molecular weight excluding hydrogens is 315 g/mol. The minimum atomic E-state index is -3.81. The highest BCUT2D eigenvalue weighted by Gasteiger charge is 2.16. The van der Waals surface area contributed by atoms with Crippen molar-refractivity contribution < 1.29 is 12.8 Å². The lowest BCUT2D eigenvalue weighted by atomic mass is 10.2. The summed E-state index contributed by atoms with van der Waals surface area (Å²) in [6.45, 7) is 0. The van der Waals surface area contributed by atoms with E-state index >= 15 is 0 Å². The molecule has 0 heterocycles. The summed E-state index contributed by atoms with van der Waals surface area (Å²) in [6, 6.07) is 11.9. The van der Waals surface area contributed by atoms with E-state index in [9.17, 15) is 12.8 Å². The van der Waals surface area contributed by atoms with Crippen molar-refractivity contribution in [2.45, 2.75) is 5.75 Å². The molecule has 0 spiro atoms. The molecule has 0 bridgehead atoms. The Balaban J connectivity index is 2.21. The number of hydrogen-bond acceptors (Lipinski definition) is 3. The van der Waals surface area contributed by atoms with Gasteiger partial charge in [0.2, 0.25) is 10.0 Å². The monoisotopic (exact) mass is 324 g/mol. The average Bonchev–Trinajstić information content (AvgIpc) is 2.43. The first kappa shape index (κ1) is 15.3. The van der Waals surface area contributed by atoms with Crippen LogP contribution < -0.4 is 4.72 Å². The third-order valence-corrected chi connectivity index (χ3v) is 4.20. The number of halogens is 2. The highest BCUT2D eigenvalue weighted by atomic mass is 35.5. The molecule has 21 heavy (non-hydrogen) atoms. The van der Waals surface area contributed by atoms with Crippen LogP contribution in [0, 0.1) is 17.1 Å². The molecular formula is C14H10ClFN2O2S. The van der Waals surface area contributed by atoms with Gasteiger partial charge < -0.3 is 0 Å². The molecule has 0 unspecified atom stereocenters.